The molecule has 0 fully saturated rings. The molecule has 2 N–H and O–H groups in total. The van der Waals surface area contributed by atoms with Crippen LogP contribution in [-0.2, 0) is 50.8 Å². The average molecular weight is 750 g/mol. The van der Waals surface area contributed by atoms with E-state index in [1.807, 2.05) is 86.9 Å². The van der Waals surface area contributed by atoms with Crippen molar-refractivity contribution in [1.29, 1.82) is 0 Å². The molecular formula is C43H41FeN4O5+. The van der Waals surface area contributed by atoms with Gasteiger partial charge in [-0.2, -0.15) is 4.57 Å². The van der Waals surface area contributed by atoms with E-state index in [0.717, 1.165) is 55.6 Å². The molecular weight excluding hydrogens is 708 g/mol. The molecule has 5 heterocycles. The van der Waals surface area contributed by atoms with Crippen molar-refractivity contribution in [3.05, 3.63) is 124 Å². The van der Waals surface area contributed by atoms with Gasteiger partial charge in [-0.3, -0.25) is 14.4 Å². The number of carboxylic acid groups (broad SMARTS) is 2. The van der Waals surface area contributed by atoms with Crippen LogP contribution < -0.4 is 14.5 Å². The maximum Gasteiger partial charge on any atom is 2.00 e. The Bertz CT molecular complexity index is 2410. The van der Waals surface area contributed by atoms with Crippen molar-refractivity contribution < 1.29 is 46.2 Å². The minimum absolute atomic E-state index is 0. The van der Waals surface area contributed by atoms with E-state index < -0.39 is 11.9 Å². The van der Waals surface area contributed by atoms with Gasteiger partial charge in [-0.25, -0.2) is 4.98 Å². The number of rotatable bonds is 12. The van der Waals surface area contributed by atoms with Crippen LogP contribution in [0.5, 0.6) is 0 Å². The summed E-state index contributed by atoms with van der Waals surface area (Å²) in [4.78, 5) is 52.7. The van der Waals surface area contributed by atoms with Gasteiger partial charge in [0.2, 0.25) is 23.7 Å². The Hall–Kier alpha value is -5.57. The second-order valence-corrected chi connectivity index (χ2v) is 13.3. The Morgan fingerprint density at radius 1 is 0.755 bits per heavy atom. The summed E-state index contributed by atoms with van der Waals surface area (Å²) in [6.45, 7) is 16.0. The first-order valence-corrected chi connectivity index (χ1v) is 17.3. The molecule has 9 nitrogen and oxygen atoms in total. The number of nitrogens with zero attached hydrogens (tertiary/aromatic N) is 4. The first kappa shape index (κ1) is 38.7. The Morgan fingerprint density at radius 3 is 2.04 bits per heavy atom. The van der Waals surface area contributed by atoms with Crippen molar-refractivity contribution in [1.82, 2.24) is 15.0 Å². The van der Waals surface area contributed by atoms with E-state index >= 15 is 0 Å². The van der Waals surface area contributed by atoms with Crippen molar-refractivity contribution in [3.63, 3.8) is 0 Å². The zero-order chi connectivity index (χ0) is 37.3. The van der Waals surface area contributed by atoms with E-state index in [1.165, 1.54) is 0 Å². The fraction of sp³-hybridized carbons (Fsp3) is 0.233. The van der Waals surface area contributed by atoms with Crippen LogP contribution in [0.15, 0.2) is 73.8 Å². The predicted molar refractivity (Wildman–Crippen MR) is 204 cm³/mol. The van der Waals surface area contributed by atoms with Crippen LogP contribution >= 0.6 is 0 Å². The molecule has 0 spiro atoms. The number of hydrogen-bond acceptors (Lipinski definition) is 4. The fourth-order valence-electron chi connectivity index (χ4n) is 7.14. The SMILES string of the molecule is C=CC1=C(C)c2cc3[n-]c(cc4[n+](CC(=O)Cc5ccccc5)c(cc5[n-]c(cc1n2)c(C)c5C=C)C(C)=C4CCC(=O)O)c(CCC(=O)O)c3C.[Fe+2]. The Labute approximate surface area is 319 Å². The third-order valence-electron chi connectivity index (χ3n) is 9.98. The summed E-state index contributed by atoms with van der Waals surface area (Å²) >= 11 is 0. The molecule has 0 unspecified atom stereocenters. The first-order valence-electron chi connectivity index (χ1n) is 17.3. The minimum atomic E-state index is -0.943. The van der Waals surface area contributed by atoms with Crippen molar-refractivity contribution in [2.75, 3.05) is 0 Å². The standard InChI is InChI=1S/C43H42N4O5.Fe/c1-7-30-24(3)34-19-35-26(5)32(14-16-42(49)50)39(46-35)22-41-33(15-17-43(51)52)27(6)40(47(41)23-29(48)18-28-12-10-9-11-13-28)21-38-31(8-2)25(4)36(45-38)20-37(30)44-34;/h7-13,19-22H,1-2,14-18,23H2,3-6H3,(H3,44,45,46,49,50,51,52);/q;+2/p-1. The third kappa shape index (κ3) is 7.80. The third-order valence-corrected chi connectivity index (χ3v) is 9.98. The number of ketones is 1. The molecule has 0 aliphatic carbocycles. The molecule has 6 rings (SSSR count). The number of carboxylic acids is 2. The summed E-state index contributed by atoms with van der Waals surface area (Å²) in [5.41, 5.74) is 13.0. The van der Waals surface area contributed by atoms with Crippen molar-refractivity contribution in [2.45, 2.75) is 66.3 Å². The van der Waals surface area contributed by atoms with E-state index in [1.54, 1.807) is 12.2 Å². The Balaban J connectivity index is 0.00000541. The van der Waals surface area contributed by atoms with Crippen LogP contribution in [0.3, 0.4) is 0 Å². The summed E-state index contributed by atoms with van der Waals surface area (Å²) in [7, 11) is 0. The number of benzene rings is 1. The van der Waals surface area contributed by atoms with Crippen LogP contribution in [0, 0.1) is 13.8 Å². The van der Waals surface area contributed by atoms with Gasteiger partial charge in [-0.15, -0.1) is 22.1 Å². The number of fused-ring (bicyclic) bond motifs is 8. The number of aromatic nitrogens is 4. The van der Waals surface area contributed by atoms with E-state index in [9.17, 15) is 24.6 Å². The maximum atomic E-state index is 13.9. The molecule has 2 aliphatic heterocycles. The van der Waals surface area contributed by atoms with Crippen molar-refractivity contribution in [3.8, 4) is 0 Å². The first-order chi connectivity index (χ1) is 24.9. The Morgan fingerprint density at radius 2 is 1.38 bits per heavy atom. The van der Waals surface area contributed by atoms with Crippen LogP contribution in [0.25, 0.3) is 50.4 Å². The number of carbonyl (C=O) groups is 3. The molecule has 3 aromatic heterocycles. The van der Waals surface area contributed by atoms with E-state index in [0.29, 0.717) is 39.3 Å². The van der Waals surface area contributed by atoms with Crippen LogP contribution in [0.1, 0.15) is 83.7 Å². The number of hydrogen-bond donors (Lipinski definition) is 2. The summed E-state index contributed by atoms with van der Waals surface area (Å²) in [5, 5.41) is 19.5. The number of aliphatic carboxylic acids is 2. The van der Waals surface area contributed by atoms with Crippen LogP contribution in [-0.4, -0.2) is 32.9 Å². The van der Waals surface area contributed by atoms with Gasteiger partial charge in [0.1, 0.15) is 0 Å². The molecule has 0 radical (unpaired) electrons. The molecule has 0 amide bonds. The molecule has 8 bridgehead atoms. The van der Waals surface area contributed by atoms with Gasteiger partial charge in [-0.05, 0) is 69.4 Å². The molecule has 270 valence electrons. The van der Waals surface area contributed by atoms with Crippen molar-refractivity contribution in [2.24, 2.45) is 0 Å². The summed E-state index contributed by atoms with van der Waals surface area (Å²) in [6, 6.07) is 17.2. The molecule has 0 saturated heterocycles. The van der Waals surface area contributed by atoms with E-state index in [2.05, 4.69) is 13.2 Å². The molecule has 1 aromatic carbocycles. The van der Waals surface area contributed by atoms with Crippen LogP contribution in [0.4, 0.5) is 0 Å². The molecule has 53 heavy (non-hydrogen) atoms. The minimum Gasteiger partial charge on any atom is -0.657 e. The van der Waals surface area contributed by atoms with Gasteiger partial charge in [0.25, 0.3) is 0 Å². The summed E-state index contributed by atoms with van der Waals surface area (Å²) in [6.07, 6.45) is 3.98. The van der Waals surface area contributed by atoms with Gasteiger partial charge >= 0.3 is 29.0 Å². The van der Waals surface area contributed by atoms with Gasteiger partial charge in [0.05, 0.1) is 11.4 Å². The summed E-state index contributed by atoms with van der Waals surface area (Å²) in [5.74, 6) is -1.91. The number of carbonyl (C=O) groups excluding carboxylic acids is 1. The number of aryl methyl sites for hydroxylation is 3. The maximum absolute atomic E-state index is 13.9. The normalized spacial score (nSPS) is 12.5. The van der Waals surface area contributed by atoms with Gasteiger partial charge in [-0.1, -0.05) is 84.5 Å². The van der Waals surface area contributed by atoms with Crippen LogP contribution in [0.2, 0.25) is 0 Å². The predicted octanol–water partition coefficient (Wildman–Crippen LogP) is 7.46. The van der Waals surface area contributed by atoms with Gasteiger partial charge in [0.15, 0.2) is 0 Å². The Kier molecular flexibility index (Phi) is 11.7. The number of allylic oxidation sites excluding steroid dienone is 5. The van der Waals surface area contributed by atoms with E-state index in [4.69, 9.17) is 15.0 Å². The van der Waals surface area contributed by atoms with Crippen molar-refractivity contribution >= 4 is 68.2 Å². The zero-order valence-electron chi connectivity index (χ0n) is 30.3. The zero-order valence-corrected chi connectivity index (χ0v) is 31.4. The number of Topliss-reactive ketones (excluding diaryl/α,β-unsaturated/α-hetero) is 1. The largest absolute Gasteiger partial charge is 2.00 e. The fourth-order valence-corrected chi connectivity index (χ4v) is 7.14. The van der Waals surface area contributed by atoms with Gasteiger partial charge < -0.3 is 20.2 Å². The second-order valence-electron chi connectivity index (χ2n) is 13.3. The topological polar surface area (TPSA) is 137 Å². The molecule has 4 aromatic rings. The average Bonchev–Trinajstić information content (AvgIpc) is 3.75. The molecule has 2 aliphatic rings. The molecule has 10 heteroatoms. The molecule has 0 atom stereocenters. The van der Waals surface area contributed by atoms with E-state index in [-0.39, 0.29) is 61.5 Å². The van der Waals surface area contributed by atoms with Gasteiger partial charge in [0, 0.05) is 36.0 Å². The quantitative estimate of drug-likeness (QED) is 0.113. The molecule has 0 saturated carbocycles. The monoisotopic (exact) mass is 749 g/mol. The summed E-state index contributed by atoms with van der Waals surface area (Å²) < 4.78 is 1.93. The second kappa shape index (κ2) is 16.0. The smallest absolute Gasteiger partial charge is 0.657 e.